The molecule has 0 aromatic carbocycles. The molecule has 4 rings (SSSR count). The van der Waals surface area contributed by atoms with E-state index in [-0.39, 0.29) is 5.91 Å². The van der Waals surface area contributed by atoms with Gasteiger partial charge in [0.25, 0.3) is 5.91 Å². The summed E-state index contributed by atoms with van der Waals surface area (Å²) in [5.41, 5.74) is 0.0166. The van der Waals surface area contributed by atoms with Gasteiger partial charge in [0.05, 0.1) is 12.0 Å². The highest BCUT2D eigenvalue weighted by Crippen LogP contribution is 2.41. The van der Waals surface area contributed by atoms with E-state index in [9.17, 15) is 20.1 Å². The Morgan fingerprint density at radius 2 is 2.20 bits per heavy atom. The van der Waals surface area contributed by atoms with E-state index in [0.29, 0.717) is 28.0 Å². The van der Waals surface area contributed by atoms with E-state index in [2.05, 4.69) is 15.3 Å². The van der Waals surface area contributed by atoms with Gasteiger partial charge in [-0.05, 0) is 19.9 Å². The van der Waals surface area contributed by atoms with Crippen molar-refractivity contribution in [3.8, 4) is 0 Å². The average Bonchev–Trinajstić information content (AvgIpc) is 2.99. The van der Waals surface area contributed by atoms with E-state index in [4.69, 9.17) is 4.74 Å². The number of aliphatic hydroxyl groups excluding tert-OH is 2. The summed E-state index contributed by atoms with van der Waals surface area (Å²) < 4.78 is 7.27. The maximum absolute atomic E-state index is 12.0. The first-order valence-electron chi connectivity index (χ1n) is 7.86. The monoisotopic (exact) mass is 346 g/mol. The molecule has 9 heteroatoms. The average molecular weight is 346 g/mol. The van der Waals surface area contributed by atoms with Crippen LogP contribution in [0, 0.1) is 0 Å². The number of rotatable bonds is 2. The predicted molar refractivity (Wildman–Crippen MR) is 87.4 cm³/mol. The topological polar surface area (TPSA) is 130 Å². The van der Waals surface area contributed by atoms with Gasteiger partial charge in [-0.2, -0.15) is 0 Å². The van der Waals surface area contributed by atoms with Crippen molar-refractivity contribution in [3.63, 3.8) is 0 Å². The molecule has 1 saturated heterocycles. The Hall–Kier alpha value is -2.33. The second-order valence-electron chi connectivity index (χ2n) is 6.57. The van der Waals surface area contributed by atoms with E-state index < -0.39 is 30.6 Å². The van der Waals surface area contributed by atoms with Crippen molar-refractivity contribution >= 4 is 28.8 Å². The number of nitrogens with zero attached hydrogens (tertiary/aromatic N) is 3. The smallest absolute Gasteiger partial charge is 0.252 e. The molecule has 132 valence electrons. The molecule has 1 fully saturated rings. The molecule has 4 N–H and O–H groups in total. The highest BCUT2D eigenvalue weighted by Gasteiger charge is 2.53. The van der Waals surface area contributed by atoms with Crippen LogP contribution in [0.15, 0.2) is 18.1 Å². The Morgan fingerprint density at radius 3 is 2.88 bits per heavy atom. The van der Waals surface area contributed by atoms with Crippen molar-refractivity contribution in [1.82, 2.24) is 14.5 Å². The first kappa shape index (κ1) is 16.2. The molecule has 9 nitrogen and oxygen atoms in total. The van der Waals surface area contributed by atoms with Crippen LogP contribution in [0.2, 0.25) is 0 Å². The van der Waals surface area contributed by atoms with Crippen molar-refractivity contribution in [2.75, 3.05) is 11.9 Å². The molecule has 4 atom stereocenters. The molecular weight excluding hydrogens is 328 g/mol. The number of aromatic nitrogens is 3. The molecular formula is C16H18N4O5. The summed E-state index contributed by atoms with van der Waals surface area (Å²) in [5, 5.41) is 33.7. The number of carbonyl (C=O) groups is 1. The number of amides is 1. The molecule has 2 aromatic heterocycles. The molecule has 0 spiro atoms. The van der Waals surface area contributed by atoms with Crippen molar-refractivity contribution < 1.29 is 24.9 Å². The van der Waals surface area contributed by atoms with Crippen LogP contribution in [0.5, 0.6) is 0 Å². The summed E-state index contributed by atoms with van der Waals surface area (Å²) in [7, 11) is 0. The number of nitrogens with one attached hydrogen (secondary N) is 1. The number of anilines is 1. The number of hydrogen-bond donors (Lipinski definition) is 4. The summed E-state index contributed by atoms with van der Waals surface area (Å²) in [6.45, 7) is 2.71. The van der Waals surface area contributed by atoms with Gasteiger partial charge in [-0.1, -0.05) is 0 Å². The predicted octanol–water partition coefficient (Wildman–Crippen LogP) is -0.212. The van der Waals surface area contributed by atoms with Crippen LogP contribution in [-0.2, 0) is 9.53 Å². The molecule has 4 heterocycles. The van der Waals surface area contributed by atoms with Gasteiger partial charge in [0, 0.05) is 17.3 Å². The number of ether oxygens (including phenoxy) is 1. The van der Waals surface area contributed by atoms with Gasteiger partial charge >= 0.3 is 0 Å². The minimum atomic E-state index is -1.63. The largest absolute Gasteiger partial charge is 0.394 e. The Balaban J connectivity index is 1.92. The Morgan fingerprint density at radius 1 is 1.44 bits per heavy atom. The van der Waals surface area contributed by atoms with Gasteiger partial charge in [0.1, 0.15) is 35.6 Å². The van der Waals surface area contributed by atoms with Crippen molar-refractivity contribution in [1.29, 1.82) is 0 Å². The summed E-state index contributed by atoms with van der Waals surface area (Å²) in [5.74, 6) is 0.122. The van der Waals surface area contributed by atoms with Gasteiger partial charge in [0.15, 0.2) is 6.23 Å². The third kappa shape index (κ3) is 2.20. The molecule has 0 radical (unpaired) electrons. The third-order valence-corrected chi connectivity index (χ3v) is 4.79. The van der Waals surface area contributed by atoms with Gasteiger partial charge in [0.2, 0.25) is 0 Å². The number of carbonyl (C=O) groups excluding carboxylic acids is 1. The van der Waals surface area contributed by atoms with Crippen LogP contribution in [0.3, 0.4) is 0 Å². The number of hydrogen-bond acceptors (Lipinski definition) is 7. The fourth-order valence-corrected chi connectivity index (χ4v) is 3.39. The molecule has 2 aliphatic heterocycles. The Labute approximate surface area is 142 Å². The highest BCUT2D eigenvalue weighted by molar-refractivity contribution is 6.13. The fraction of sp³-hybridized carbons (Fsp3) is 0.438. The van der Waals surface area contributed by atoms with Crippen LogP contribution in [-0.4, -0.2) is 60.2 Å². The summed E-state index contributed by atoms with van der Waals surface area (Å²) >= 11 is 0. The van der Waals surface area contributed by atoms with Crippen LogP contribution >= 0.6 is 0 Å². The Kier molecular flexibility index (Phi) is 3.45. The SMILES string of the molecule is CC1=Cc2cn(C3O[C@H](CO)[C@@H](O)[C@@]3(C)O)c3ncnc(c23)NC1=O. The van der Waals surface area contributed by atoms with Crippen LogP contribution < -0.4 is 5.32 Å². The van der Waals surface area contributed by atoms with Gasteiger partial charge in [-0.25, -0.2) is 9.97 Å². The second kappa shape index (κ2) is 5.33. The molecule has 0 saturated carbocycles. The van der Waals surface area contributed by atoms with Crippen molar-refractivity contribution in [2.45, 2.75) is 37.9 Å². The minimum Gasteiger partial charge on any atom is -0.394 e. The van der Waals surface area contributed by atoms with Crippen LogP contribution in [0.25, 0.3) is 17.1 Å². The zero-order chi connectivity index (χ0) is 17.9. The van der Waals surface area contributed by atoms with Gasteiger partial charge < -0.3 is 29.9 Å². The van der Waals surface area contributed by atoms with E-state index in [1.165, 1.54) is 13.3 Å². The third-order valence-electron chi connectivity index (χ3n) is 4.79. The Bertz CT molecular complexity index is 903. The van der Waals surface area contributed by atoms with Crippen molar-refractivity contribution in [3.05, 3.63) is 23.7 Å². The molecule has 2 aliphatic rings. The maximum atomic E-state index is 12.0. The minimum absolute atomic E-state index is 0.248. The van der Waals surface area contributed by atoms with Crippen LogP contribution in [0.4, 0.5) is 5.82 Å². The quantitative estimate of drug-likeness (QED) is 0.592. The zero-order valence-electron chi connectivity index (χ0n) is 13.7. The lowest BCUT2D eigenvalue weighted by atomic mass is 9.96. The first-order chi connectivity index (χ1) is 11.8. The van der Waals surface area contributed by atoms with Crippen molar-refractivity contribution in [2.24, 2.45) is 0 Å². The lowest BCUT2D eigenvalue weighted by molar-refractivity contribution is -0.112. The van der Waals surface area contributed by atoms with E-state index in [1.807, 2.05) is 0 Å². The second-order valence-corrected chi connectivity index (χ2v) is 6.57. The molecule has 25 heavy (non-hydrogen) atoms. The van der Waals surface area contributed by atoms with Gasteiger partial charge in [-0.15, -0.1) is 0 Å². The normalized spacial score (nSPS) is 31.8. The molecule has 0 aliphatic carbocycles. The number of aliphatic hydroxyl groups is 3. The lowest BCUT2D eigenvalue weighted by Gasteiger charge is -2.27. The molecule has 1 unspecified atom stereocenters. The fourth-order valence-electron chi connectivity index (χ4n) is 3.39. The van der Waals surface area contributed by atoms with Gasteiger partial charge in [-0.3, -0.25) is 4.79 Å². The zero-order valence-corrected chi connectivity index (χ0v) is 13.7. The molecule has 2 aromatic rings. The van der Waals surface area contributed by atoms with E-state index in [0.717, 1.165) is 0 Å². The summed E-state index contributed by atoms with van der Waals surface area (Å²) in [4.78, 5) is 20.4. The van der Waals surface area contributed by atoms with E-state index >= 15 is 0 Å². The van der Waals surface area contributed by atoms with E-state index in [1.54, 1.807) is 23.8 Å². The maximum Gasteiger partial charge on any atom is 0.252 e. The first-order valence-corrected chi connectivity index (χ1v) is 7.86. The molecule has 0 bridgehead atoms. The summed E-state index contributed by atoms with van der Waals surface area (Å²) in [6, 6.07) is 0. The molecule has 1 amide bonds. The summed E-state index contributed by atoms with van der Waals surface area (Å²) in [6.07, 6.45) is 1.59. The van der Waals surface area contributed by atoms with Crippen LogP contribution in [0.1, 0.15) is 25.6 Å². The highest BCUT2D eigenvalue weighted by atomic mass is 16.6. The standard InChI is InChI=1S/C16H18N4O5/c1-7-3-8-4-20(15-16(2,24)11(22)9(5-21)25-15)13-10(8)12(17-6-18-13)19-14(7)23/h3-4,6,9,11,15,21-22,24H,5H2,1-2H3,(H,17,18,19,23)/t9-,11-,15?,16-/m1/s1. The lowest BCUT2D eigenvalue weighted by Crippen LogP contribution is -2.44.